The van der Waals surface area contributed by atoms with Crippen molar-refractivity contribution < 1.29 is 4.42 Å². The van der Waals surface area contributed by atoms with Gasteiger partial charge in [-0.1, -0.05) is 206 Å². The SMILES string of the molecule is c1ccc(C2(c3ccccc3)c3ccccc3-c3ccc(-c4cccc(-c5cc6c(oc7cccc(N(c8ccc9ccccc9c8)c8ccc9ccccc9c8)c76)c6ccccc56)c4)cc32)cc1. The van der Waals surface area contributed by atoms with Crippen molar-refractivity contribution in [3.63, 3.8) is 0 Å². The molecule has 0 bridgehead atoms. The maximum atomic E-state index is 6.99. The molecule has 1 aliphatic rings. The Hall–Kier alpha value is -8.98. The monoisotopic (exact) mass is 877 g/mol. The van der Waals surface area contributed by atoms with E-state index in [2.05, 4.69) is 266 Å². The Balaban J connectivity index is 0.969. The minimum absolute atomic E-state index is 0.475. The Kier molecular flexibility index (Phi) is 8.84. The topological polar surface area (TPSA) is 16.4 Å². The standard InChI is InChI=1S/C67H43NO/c1-3-23-51(24-4-1)67(52-25-5-2-6-26-52)61-30-14-13-28-56(61)57-38-35-49(42-62(57)67)46-21-15-22-50(39-46)59-43-60-65-63(31-16-32-64(65)69-66(60)58-29-12-11-27-55(58)59)68(53-36-33-44-17-7-9-19-47(44)40-53)54-37-34-45-18-8-10-20-48(45)41-54/h1-43H. The summed E-state index contributed by atoms with van der Waals surface area (Å²) in [6.07, 6.45) is 0. The van der Waals surface area contributed by atoms with Crippen molar-refractivity contribution in [1.29, 1.82) is 0 Å². The van der Waals surface area contributed by atoms with Crippen LogP contribution in [0.25, 0.3) is 87.6 Å². The van der Waals surface area contributed by atoms with Crippen molar-refractivity contribution in [1.82, 2.24) is 0 Å². The molecule has 322 valence electrons. The van der Waals surface area contributed by atoms with Crippen molar-refractivity contribution in [2.45, 2.75) is 5.41 Å². The van der Waals surface area contributed by atoms with E-state index >= 15 is 0 Å². The van der Waals surface area contributed by atoms with Crippen LogP contribution in [-0.4, -0.2) is 0 Å². The van der Waals surface area contributed by atoms with Crippen LogP contribution in [0.15, 0.2) is 265 Å². The summed E-state index contributed by atoms with van der Waals surface area (Å²) in [7, 11) is 0. The second-order valence-electron chi connectivity index (χ2n) is 18.4. The highest BCUT2D eigenvalue weighted by Gasteiger charge is 2.46. The van der Waals surface area contributed by atoms with Gasteiger partial charge in [0.2, 0.25) is 0 Å². The van der Waals surface area contributed by atoms with E-state index in [4.69, 9.17) is 4.42 Å². The van der Waals surface area contributed by atoms with Gasteiger partial charge in [0.1, 0.15) is 11.2 Å². The van der Waals surface area contributed by atoms with Gasteiger partial charge in [0.05, 0.1) is 16.5 Å². The van der Waals surface area contributed by atoms with E-state index in [1.54, 1.807) is 0 Å². The molecule has 0 spiro atoms. The minimum Gasteiger partial charge on any atom is -0.455 e. The van der Waals surface area contributed by atoms with Crippen molar-refractivity contribution in [2.75, 3.05) is 4.90 Å². The molecule has 1 heterocycles. The average molecular weight is 878 g/mol. The summed E-state index contributed by atoms with van der Waals surface area (Å²) in [5.41, 5.74) is 16.9. The van der Waals surface area contributed by atoms with E-state index in [9.17, 15) is 0 Å². The third kappa shape index (κ3) is 6.06. The van der Waals surface area contributed by atoms with Gasteiger partial charge in [0.15, 0.2) is 0 Å². The predicted molar refractivity (Wildman–Crippen MR) is 289 cm³/mol. The maximum Gasteiger partial charge on any atom is 0.143 e. The molecule has 14 rings (SSSR count). The third-order valence-electron chi connectivity index (χ3n) is 14.7. The first-order chi connectivity index (χ1) is 34.2. The second kappa shape index (κ2) is 15.6. The van der Waals surface area contributed by atoms with Crippen molar-refractivity contribution in [2.24, 2.45) is 0 Å². The van der Waals surface area contributed by atoms with Gasteiger partial charge in [-0.15, -0.1) is 0 Å². The molecule has 0 saturated carbocycles. The second-order valence-corrected chi connectivity index (χ2v) is 18.4. The van der Waals surface area contributed by atoms with Gasteiger partial charge in [-0.25, -0.2) is 0 Å². The molecule has 0 saturated heterocycles. The number of furan rings is 1. The largest absolute Gasteiger partial charge is 0.455 e. The molecular weight excluding hydrogens is 835 g/mol. The third-order valence-corrected chi connectivity index (χ3v) is 14.7. The Bertz CT molecular complexity index is 4030. The van der Waals surface area contributed by atoms with Gasteiger partial charge in [-0.05, 0) is 137 Å². The molecule has 69 heavy (non-hydrogen) atoms. The molecule has 0 unspecified atom stereocenters. The van der Waals surface area contributed by atoms with E-state index in [1.165, 1.54) is 66.1 Å². The summed E-state index contributed by atoms with van der Waals surface area (Å²) in [5.74, 6) is 0. The van der Waals surface area contributed by atoms with Crippen LogP contribution in [0.5, 0.6) is 0 Å². The fourth-order valence-electron chi connectivity index (χ4n) is 11.6. The first-order valence-electron chi connectivity index (χ1n) is 23.8. The smallest absolute Gasteiger partial charge is 0.143 e. The minimum atomic E-state index is -0.475. The van der Waals surface area contributed by atoms with E-state index < -0.39 is 5.41 Å². The number of rotatable bonds is 7. The fraction of sp³-hybridized carbons (Fsp3) is 0.0149. The lowest BCUT2D eigenvalue weighted by Gasteiger charge is -2.34. The zero-order valence-electron chi connectivity index (χ0n) is 37.7. The van der Waals surface area contributed by atoms with Crippen LogP contribution < -0.4 is 4.90 Å². The van der Waals surface area contributed by atoms with E-state index in [0.717, 1.165) is 60.9 Å². The summed E-state index contributed by atoms with van der Waals surface area (Å²) in [5, 5.41) is 9.20. The average Bonchev–Trinajstić information content (AvgIpc) is 3.95. The first kappa shape index (κ1) is 39.2. The highest BCUT2D eigenvalue weighted by molar-refractivity contribution is 6.22. The van der Waals surface area contributed by atoms with Gasteiger partial charge in [0, 0.05) is 22.1 Å². The van der Waals surface area contributed by atoms with Crippen LogP contribution >= 0.6 is 0 Å². The first-order valence-corrected chi connectivity index (χ1v) is 23.8. The Morgan fingerprint density at radius 2 is 0.884 bits per heavy atom. The summed E-state index contributed by atoms with van der Waals surface area (Å²) >= 11 is 0. The van der Waals surface area contributed by atoms with Gasteiger partial charge < -0.3 is 9.32 Å². The zero-order valence-corrected chi connectivity index (χ0v) is 37.7. The van der Waals surface area contributed by atoms with Gasteiger partial charge in [-0.2, -0.15) is 0 Å². The maximum absolute atomic E-state index is 6.99. The molecule has 0 amide bonds. The summed E-state index contributed by atoms with van der Waals surface area (Å²) in [4.78, 5) is 2.41. The molecule has 12 aromatic carbocycles. The lowest BCUT2D eigenvalue weighted by molar-refractivity contribution is 0.672. The molecule has 0 fully saturated rings. The van der Waals surface area contributed by atoms with Gasteiger partial charge in [-0.3, -0.25) is 0 Å². The van der Waals surface area contributed by atoms with Crippen LogP contribution in [0.4, 0.5) is 17.1 Å². The zero-order chi connectivity index (χ0) is 45.5. The summed E-state index contributed by atoms with van der Waals surface area (Å²) < 4.78 is 6.99. The van der Waals surface area contributed by atoms with Crippen LogP contribution in [-0.2, 0) is 5.41 Å². The Morgan fingerprint density at radius 1 is 0.319 bits per heavy atom. The highest BCUT2D eigenvalue weighted by Crippen LogP contribution is 2.57. The van der Waals surface area contributed by atoms with Crippen molar-refractivity contribution >= 4 is 71.3 Å². The molecule has 0 radical (unpaired) electrons. The molecule has 0 N–H and O–H groups in total. The molecule has 2 nitrogen and oxygen atoms in total. The number of nitrogens with zero attached hydrogens (tertiary/aromatic N) is 1. The van der Waals surface area contributed by atoms with Crippen LogP contribution in [0.2, 0.25) is 0 Å². The number of hydrogen-bond donors (Lipinski definition) is 0. The Morgan fingerprint density at radius 3 is 1.59 bits per heavy atom. The number of hydrogen-bond acceptors (Lipinski definition) is 2. The summed E-state index contributed by atoms with van der Waals surface area (Å²) in [6.45, 7) is 0. The van der Waals surface area contributed by atoms with Gasteiger partial charge >= 0.3 is 0 Å². The highest BCUT2D eigenvalue weighted by atomic mass is 16.3. The molecule has 13 aromatic rings. The molecular formula is C67H43NO. The van der Waals surface area contributed by atoms with Gasteiger partial charge in [0.25, 0.3) is 0 Å². The molecule has 0 aliphatic heterocycles. The van der Waals surface area contributed by atoms with Crippen molar-refractivity contribution in [3.05, 3.63) is 283 Å². The number of benzene rings is 12. The van der Waals surface area contributed by atoms with Crippen molar-refractivity contribution in [3.8, 4) is 33.4 Å². The number of fused-ring (bicyclic) bond motifs is 10. The van der Waals surface area contributed by atoms with E-state index in [0.29, 0.717) is 0 Å². The normalized spacial score (nSPS) is 12.8. The lowest BCUT2D eigenvalue weighted by Crippen LogP contribution is -2.28. The van der Waals surface area contributed by atoms with Crippen LogP contribution in [0.3, 0.4) is 0 Å². The quantitative estimate of drug-likeness (QED) is 0.159. The van der Waals surface area contributed by atoms with E-state index in [1.807, 2.05) is 0 Å². The number of anilines is 3. The molecule has 2 heteroatoms. The molecule has 1 aromatic heterocycles. The Labute approximate surface area is 400 Å². The molecule has 0 atom stereocenters. The molecule has 1 aliphatic carbocycles. The van der Waals surface area contributed by atoms with E-state index in [-0.39, 0.29) is 0 Å². The van der Waals surface area contributed by atoms with Crippen LogP contribution in [0.1, 0.15) is 22.3 Å². The fourth-order valence-corrected chi connectivity index (χ4v) is 11.6. The lowest BCUT2D eigenvalue weighted by atomic mass is 9.67. The van der Waals surface area contributed by atoms with Crippen LogP contribution in [0, 0.1) is 0 Å². The summed E-state index contributed by atoms with van der Waals surface area (Å²) in [6, 6.07) is 95.6. The predicted octanol–water partition coefficient (Wildman–Crippen LogP) is 18.2.